The monoisotopic (exact) mass is 309 g/mol. The summed E-state index contributed by atoms with van der Waals surface area (Å²) in [5.74, 6) is 0. The van der Waals surface area contributed by atoms with Crippen molar-refractivity contribution in [3.8, 4) is 0 Å². The van der Waals surface area contributed by atoms with Gasteiger partial charge in [0.1, 0.15) is 0 Å². The molecule has 0 aliphatic heterocycles. The van der Waals surface area contributed by atoms with Crippen molar-refractivity contribution >= 4 is 0 Å². The third-order valence-electron chi connectivity index (χ3n) is 2.65. The topological polar surface area (TPSA) is 21.3 Å². The molecule has 0 fully saturated rings. The summed E-state index contributed by atoms with van der Waals surface area (Å²) in [6, 6.07) is 0.191. The molecular formula is C12H21F6NO. The Morgan fingerprint density at radius 1 is 1.00 bits per heavy atom. The molecule has 1 unspecified atom stereocenters. The van der Waals surface area contributed by atoms with Crippen LogP contribution in [0.3, 0.4) is 0 Å². The van der Waals surface area contributed by atoms with E-state index in [1.165, 1.54) is 0 Å². The van der Waals surface area contributed by atoms with Crippen LogP contribution in [-0.2, 0) is 4.74 Å². The fraction of sp³-hybridized carbons (Fsp3) is 1.00. The molecule has 0 radical (unpaired) electrons. The first-order valence-corrected chi connectivity index (χ1v) is 6.57. The maximum atomic E-state index is 12.1. The van der Waals surface area contributed by atoms with E-state index >= 15 is 0 Å². The van der Waals surface area contributed by atoms with Gasteiger partial charge in [-0.2, -0.15) is 26.3 Å². The van der Waals surface area contributed by atoms with Gasteiger partial charge in [0, 0.05) is 12.6 Å². The second-order valence-corrected chi connectivity index (χ2v) is 4.69. The van der Waals surface area contributed by atoms with Crippen molar-refractivity contribution in [2.24, 2.45) is 0 Å². The van der Waals surface area contributed by atoms with E-state index in [0.29, 0.717) is 12.8 Å². The highest BCUT2D eigenvalue weighted by atomic mass is 19.4. The van der Waals surface area contributed by atoms with Crippen LogP contribution in [0.5, 0.6) is 0 Å². The summed E-state index contributed by atoms with van der Waals surface area (Å²) in [4.78, 5) is 0. The first-order valence-electron chi connectivity index (χ1n) is 6.57. The molecule has 0 amide bonds. The first kappa shape index (κ1) is 19.5. The van der Waals surface area contributed by atoms with Crippen molar-refractivity contribution < 1.29 is 31.1 Å². The van der Waals surface area contributed by atoms with E-state index < -0.39 is 25.1 Å². The standard InChI is InChI=1S/C12H21F6NO/c1-3-7-19-9(2)6-4-5-8-20-10(11(13,14)15)12(16,17)18/h9-10,19H,3-8H2,1-2H3. The van der Waals surface area contributed by atoms with Crippen molar-refractivity contribution in [1.29, 1.82) is 0 Å². The van der Waals surface area contributed by atoms with Gasteiger partial charge in [-0.15, -0.1) is 0 Å². The number of alkyl halides is 6. The molecule has 0 aliphatic carbocycles. The maximum absolute atomic E-state index is 12.1. The summed E-state index contributed by atoms with van der Waals surface area (Å²) in [6.07, 6.45) is -12.2. The van der Waals surface area contributed by atoms with Gasteiger partial charge in [-0.1, -0.05) is 6.92 Å². The predicted octanol–water partition coefficient (Wildman–Crippen LogP) is 4.05. The molecular weight excluding hydrogens is 288 g/mol. The minimum absolute atomic E-state index is 0.167. The van der Waals surface area contributed by atoms with Crippen LogP contribution < -0.4 is 5.32 Å². The van der Waals surface area contributed by atoms with Crippen molar-refractivity contribution in [2.45, 2.75) is 64.0 Å². The summed E-state index contributed by atoms with van der Waals surface area (Å²) in [7, 11) is 0. The average molecular weight is 309 g/mol. The van der Waals surface area contributed by atoms with E-state index in [-0.39, 0.29) is 12.5 Å². The maximum Gasteiger partial charge on any atom is 0.423 e. The van der Waals surface area contributed by atoms with Crippen LogP contribution >= 0.6 is 0 Å². The highest BCUT2D eigenvalue weighted by molar-refractivity contribution is 4.75. The lowest BCUT2D eigenvalue weighted by Crippen LogP contribution is -2.44. The summed E-state index contributed by atoms with van der Waals surface area (Å²) < 4.78 is 76.8. The number of unbranched alkanes of at least 4 members (excludes halogenated alkanes) is 1. The molecule has 0 rings (SSSR count). The number of nitrogens with one attached hydrogen (secondary N) is 1. The largest absolute Gasteiger partial charge is 0.423 e. The zero-order valence-electron chi connectivity index (χ0n) is 11.6. The van der Waals surface area contributed by atoms with Crippen LogP contribution in [0.2, 0.25) is 0 Å². The van der Waals surface area contributed by atoms with Gasteiger partial charge in [0.15, 0.2) is 0 Å². The van der Waals surface area contributed by atoms with Gasteiger partial charge in [0.25, 0.3) is 0 Å². The van der Waals surface area contributed by atoms with Gasteiger partial charge < -0.3 is 10.1 Å². The summed E-state index contributed by atoms with van der Waals surface area (Å²) in [5.41, 5.74) is 0. The molecule has 0 aliphatic rings. The molecule has 0 bridgehead atoms. The van der Waals surface area contributed by atoms with Crippen LogP contribution in [0.15, 0.2) is 0 Å². The van der Waals surface area contributed by atoms with Crippen LogP contribution in [-0.4, -0.2) is 37.7 Å². The van der Waals surface area contributed by atoms with Crippen LogP contribution in [0.4, 0.5) is 26.3 Å². The number of hydrogen-bond donors (Lipinski definition) is 1. The highest BCUT2D eigenvalue weighted by Crippen LogP contribution is 2.35. The zero-order valence-corrected chi connectivity index (χ0v) is 11.6. The molecule has 0 aromatic heterocycles. The van der Waals surface area contributed by atoms with Gasteiger partial charge >= 0.3 is 12.4 Å². The third kappa shape index (κ3) is 8.63. The van der Waals surface area contributed by atoms with E-state index in [1.807, 2.05) is 13.8 Å². The second-order valence-electron chi connectivity index (χ2n) is 4.69. The molecule has 1 atom stereocenters. The number of halogens is 6. The number of hydrogen-bond acceptors (Lipinski definition) is 2. The van der Waals surface area contributed by atoms with Gasteiger partial charge in [-0.05, 0) is 39.2 Å². The van der Waals surface area contributed by atoms with Gasteiger partial charge in [0.2, 0.25) is 6.10 Å². The summed E-state index contributed by atoms with van der Waals surface area (Å²) in [6.45, 7) is 4.21. The third-order valence-corrected chi connectivity index (χ3v) is 2.65. The van der Waals surface area contributed by atoms with Crippen molar-refractivity contribution in [1.82, 2.24) is 5.32 Å². The normalized spacial score (nSPS) is 14.8. The Hall–Kier alpha value is -0.500. The second kappa shape index (κ2) is 8.71. The fourth-order valence-corrected chi connectivity index (χ4v) is 1.62. The predicted molar refractivity (Wildman–Crippen MR) is 63.5 cm³/mol. The van der Waals surface area contributed by atoms with E-state index in [0.717, 1.165) is 13.0 Å². The van der Waals surface area contributed by atoms with Crippen molar-refractivity contribution in [3.63, 3.8) is 0 Å². The van der Waals surface area contributed by atoms with Crippen LogP contribution in [0, 0.1) is 0 Å². The molecule has 0 heterocycles. The van der Waals surface area contributed by atoms with Crippen molar-refractivity contribution in [3.05, 3.63) is 0 Å². The van der Waals surface area contributed by atoms with E-state index in [2.05, 4.69) is 10.1 Å². The fourth-order valence-electron chi connectivity index (χ4n) is 1.62. The molecule has 2 nitrogen and oxygen atoms in total. The number of rotatable bonds is 9. The Labute approximate surface area is 114 Å². The molecule has 122 valence electrons. The molecule has 8 heteroatoms. The Morgan fingerprint density at radius 2 is 1.55 bits per heavy atom. The van der Waals surface area contributed by atoms with Crippen LogP contribution in [0.1, 0.15) is 39.5 Å². The zero-order chi connectivity index (χ0) is 15.8. The molecule has 20 heavy (non-hydrogen) atoms. The van der Waals surface area contributed by atoms with Crippen molar-refractivity contribution in [2.75, 3.05) is 13.2 Å². The number of ether oxygens (including phenoxy) is 1. The van der Waals surface area contributed by atoms with E-state index in [9.17, 15) is 26.3 Å². The van der Waals surface area contributed by atoms with Gasteiger partial charge in [0.05, 0.1) is 0 Å². The first-order chi connectivity index (χ1) is 9.09. The minimum Gasteiger partial charge on any atom is -0.361 e. The smallest absolute Gasteiger partial charge is 0.361 e. The Morgan fingerprint density at radius 3 is 2.00 bits per heavy atom. The average Bonchev–Trinajstić information content (AvgIpc) is 2.27. The quantitative estimate of drug-likeness (QED) is 0.512. The SMILES string of the molecule is CCCNC(C)CCCCOC(C(F)(F)F)C(F)(F)F. The molecule has 0 saturated carbocycles. The van der Waals surface area contributed by atoms with E-state index in [4.69, 9.17) is 0 Å². The Kier molecular flexibility index (Phi) is 8.50. The van der Waals surface area contributed by atoms with Crippen LogP contribution in [0.25, 0.3) is 0 Å². The lowest BCUT2D eigenvalue weighted by molar-refractivity contribution is -0.321. The Balaban J connectivity index is 3.92. The Bertz CT molecular complexity index is 239. The highest BCUT2D eigenvalue weighted by Gasteiger charge is 2.57. The molecule has 0 aromatic carbocycles. The molecule has 0 aromatic rings. The summed E-state index contributed by atoms with van der Waals surface area (Å²) >= 11 is 0. The van der Waals surface area contributed by atoms with E-state index in [1.54, 1.807) is 0 Å². The molecule has 1 N–H and O–H groups in total. The lowest BCUT2D eigenvalue weighted by atomic mass is 10.1. The minimum atomic E-state index is -5.42. The summed E-state index contributed by atoms with van der Waals surface area (Å²) in [5, 5.41) is 3.18. The van der Waals surface area contributed by atoms with Gasteiger partial charge in [-0.3, -0.25) is 0 Å². The van der Waals surface area contributed by atoms with Gasteiger partial charge in [-0.25, -0.2) is 0 Å². The lowest BCUT2D eigenvalue weighted by Gasteiger charge is -2.23. The molecule has 0 spiro atoms. The molecule has 0 saturated heterocycles.